The fraction of sp³-hybridized carbons (Fsp3) is 0.318. The SMILES string of the molecule is OC1CCCCC1Nc1ncc2cncc(-c3c[nH]c4cc(C(F)(F)F)ccc34)c2n1. The van der Waals surface area contributed by atoms with Gasteiger partial charge in [0.2, 0.25) is 5.95 Å². The van der Waals surface area contributed by atoms with Crippen LogP contribution >= 0.6 is 0 Å². The number of hydrogen-bond acceptors (Lipinski definition) is 5. The average molecular weight is 427 g/mol. The molecule has 31 heavy (non-hydrogen) atoms. The van der Waals surface area contributed by atoms with Crippen molar-refractivity contribution in [1.29, 1.82) is 0 Å². The van der Waals surface area contributed by atoms with E-state index in [1.807, 2.05) is 0 Å². The van der Waals surface area contributed by atoms with E-state index in [0.29, 0.717) is 38.9 Å². The summed E-state index contributed by atoms with van der Waals surface area (Å²) in [6.07, 6.45) is 5.40. The molecule has 1 saturated carbocycles. The van der Waals surface area contributed by atoms with Crippen molar-refractivity contribution in [2.45, 2.75) is 44.0 Å². The lowest BCUT2D eigenvalue weighted by Gasteiger charge is -2.28. The first-order valence-corrected chi connectivity index (χ1v) is 10.1. The van der Waals surface area contributed by atoms with E-state index in [1.165, 1.54) is 6.07 Å². The van der Waals surface area contributed by atoms with Gasteiger partial charge in [0.25, 0.3) is 0 Å². The minimum Gasteiger partial charge on any atom is -0.391 e. The second-order valence-electron chi connectivity index (χ2n) is 7.88. The third-order valence-electron chi connectivity index (χ3n) is 5.83. The highest BCUT2D eigenvalue weighted by Gasteiger charge is 2.31. The Morgan fingerprint density at radius 2 is 1.90 bits per heavy atom. The van der Waals surface area contributed by atoms with Crippen LogP contribution in [0.2, 0.25) is 0 Å². The minimum absolute atomic E-state index is 0.106. The number of anilines is 1. The Kier molecular flexibility index (Phi) is 4.77. The van der Waals surface area contributed by atoms with Crippen molar-refractivity contribution in [3.8, 4) is 11.1 Å². The molecule has 1 aliphatic carbocycles. The van der Waals surface area contributed by atoms with Gasteiger partial charge in [-0.1, -0.05) is 18.9 Å². The molecule has 160 valence electrons. The van der Waals surface area contributed by atoms with Crippen molar-refractivity contribution in [3.63, 3.8) is 0 Å². The van der Waals surface area contributed by atoms with E-state index in [-0.39, 0.29) is 6.04 Å². The van der Waals surface area contributed by atoms with Crippen LogP contribution in [-0.2, 0) is 6.18 Å². The van der Waals surface area contributed by atoms with Gasteiger partial charge in [0, 0.05) is 52.2 Å². The number of pyridine rings is 1. The first kappa shape index (κ1) is 19.7. The summed E-state index contributed by atoms with van der Waals surface area (Å²) in [6.45, 7) is 0. The van der Waals surface area contributed by atoms with Crippen LogP contribution in [0, 0.1) is 0 Å². The topological polar surface area (TPSA) is 86.7 Å². The molecular weight excluding hydrogens is 407 g/mol. The Labute approximate surface area is 175 Å². The summed E-state index contributed by atoms with van der Waals surface area (Å²) in [7, 11) is 0. The molecule has 3 heterocycles. The van der Waals surface area contributed by atoms with E-state index in [9.17, 15) is 18.3 Å². The number of aromatic amines is 1. The molecule has 5 rings (SSSR count). The Morgan fingerprint density at radius 1 is 1.06 bits per heavy atom. The number of hydrogen-bond donors (Lipinski definition) is 3. The highest BCUT2D eigenvalue weighted by molar-refractivity contribution is 6.03. The normalized spacial score (nSPS) is 19.7. The molecule has 9 heteroatoms. The molecule has 0 amide bonds. The third-order valence-corrected chi connectivity index (χ3v) is 5.83. The van der Waals surface area contributed by atoms with Gasteiger partial charge >= 0.3 is 6.18 Å². The van der Waals surface area contributed by atoms with E-state index in [0.717, 1.165) is 37.8 Å². The number of nitrogens with one attached hydrogen (secondary N) is 2. The molecule has 1 fully saturated rings. The zero-order valence-corrected chi connectivity index (χ0v) is 16.4. The molecule has 1 aromatic carbocycles. The molecule has 1 aliphatic rings. The van der Waals surface area contributed by atoms with Gasteiger partial charge in [0.05, 0.1) is 23.2 Å². The second kappa shape index (κ2) is 7.49. The molecular formula is C22H20F3N5O. The maximum absolute atomic E-state index is 13.1. The molecule has 0 saturated heterocycles. The quantitative estimate of drug-likeness (QED) is 0.433. The second-order valence-corrected chi connectivity index (χ2v) is 7.88. The van der Waals surface area contributed by atoms with Crippen molar-refractivity contribution in [2.24, 2.45) is 0 Å². The molecule has 2 atom stereocenters. The van der Waals surface area contributed by atoms with Gasteiger partial charge < -0.3 is 15.4 Å². The Morgan fingerprint density at radius 3 is 2.71 bits per heavy atom. The maximum atomic E-state index is 13.1. The third kappa shape index (κ3) is 3.69. The van der Waals surface area contributed by atoms with Gasteiger partial charge in [-0.15, -0.1) is 0 Å². The first-order valence-electron chi connectivity index (χ1n) is 10.1. The Bertz CT molecular complexity index is 1250. The highest BCUT2D eigenvalue weighted by atomic mass is 19.4. The van der Waals surface area contributed by atoms with Crippen molar-refractivity contribution in [2.75, 3.05) is 5.32 Å². The Balaban J connectivity index is 1.57. The number of alkyl halides is 3. The summed E-state index contributed by atoms with van der Waals surface area (Å²) in [4.78, 5) is 16.2. The lowest BCUT2D eigenvalue weighted by atomic mass is 9.93. The molecule has 4 aromatic rings. The molecule has 2 unspecified atom stereocenters. The number of benzene rings is 1. The van der Waals surface area contributed by atoms with Crippen molar-refractivity contribution in [3.05, 3.63) is 48.5 Å². The van der Waals surface area contributed by atoms with Crippen LogP contribution in [0.4, 0.5) is 19.1 Å². The number of fused-ring (bicyclic) bond motifs is 2. The summed E-state index contributed by atoms with van der Waals surface area (Å²) in [6, 6.07) is 3.53. The zero-order chi connectivity index (χ0) is 21.6. The van der Waals surface area contributed by atoms with Crippen LogP contribution in [0.1, 0.15) is 31.2 Å². The van der Waals surface area contributed by atoms with Gasteiger partial charge in [0.15, 0.2) is 0 Å². The average Bonchev–Trinajstić information content (AvgIpc) is 3.17. The maximum Gasteiger partial charge on any atom is 0.416 e. The van der Waals surface area contributed by atoms with Crippen LogP contribution in [0.25, 0.3) is 32.9 Å². The van der Waals surface area contributed by atoms with Gasteiger partial charge in [-0.25, -0.2) is 9.97 Å². The molecule has 0 bridgehead atoms. The highest BCUT2D eigenvalue weighted by Crippen LogP contribution is 2.36. The number of aliphatic hydroxyl groups excluding tert-OH is 1. The van der Waals surface area contributed by atoms with Gasteiger partial charge in [-0.3, -0.25) is 4.98 Å². The Hall–Kier alpha value is -3.20. The number of aliphatic hydroxyl groups is 1. The number of nitrogens with zero attached hydrogens (tertiary/aromatic N) is 3. The standard InChI is InChI=1S/C22H20F3N5O/c23-22(24,25)13-5-6-14-15(11-27-18(14)7-13)16-10-26-8-12-9-28-21(30-20(12)16)29-17-3-1-2-4-19(17)31/h5-11,17,19,27,31H,1-4H2,(H,28,29,30). The van der Waals surface area contributed by atoms with Crippen LogP contribution < -0.4 is 5.32 Å². The molecule has 3 aromatic heterocycles. The van der Waals surface area contributed by atoms with Gasteiger partial charge in [0.1, 0.15) is 0 Å². The monoisotopic (exact) mass is 427 g/mol. The molecule has 0 radical (unpaired) electrons. The summed E-state index contributed by atoms with van der Waals surface area (Å²) in [5.41, 5.74) is 1.73. The molecule has 0 aliphatic heterocycles. The van der Waals surface area contributed by atoms with E-state index >= 15 is 0 Å². The van der Waals surface area contributed by atoms with Crippen LogP contribution in [-0.4, -0.2) is 37.2 Å². The first-order chi connectivity index (χ1) is 14.9. The predicted molar refractivity (Wildman–Crippen MR) is 112 cm³/mol. The van der Waals surface area contributed by atoms with Crippen molar-refractivity contribution < 1.29 is 18.3 Å². The van der Waals surface area contributed by atoms with Gasteiger partial charge in [-0.05, 0) is 25.0 Å². The summed E-state index contributed by atoms with van der Waals surface area (Å²) >= 11 is 0. The minimum atomic E-state index is -4.40. The number of halogens is 3. The predicted octanol–water partition coefficient (Wildman–Crippen LogP) is 4.91. The van der Waals surface area contributed by atoms with Gasteiger partial charge in [-0.2, -0.15) is 13.2 Å². The van der Waals surface area contributed by atoms with E-state index in [1.54, 1.807) is 24.8 Å². The zero-order valence-electron chi connectivity index (χ0n) is 16.4. The van der Waals surface area contributed by atoms with E-state index in [4.69, 9.17) is 0 Å². The number of rotatable bonds is 3. The lowest BCUT2D eigenvalue weighted by Crippen LogP contribution is -2.36. The van der Waals surface area contributed by atoms with Crippen LogP contribution in [0.3, 0.4) is 0 Å². The van der Waals surface area contributed by atoms with Crippen LogP contribution in [0.5, 0.6) is 0 Å². The fourth-order valence-electron chi connectivity index (χ4n) is 4.19. The fourth-order valence-corrected chi connectivity index (χ4v) is 4.19. The van der Waals surface area contributed by atoms with Crippen LogP contribution in [0.15, 0.2) is 43.0 Å². The van der Waals surface area contributed by atoms with Crippen molar-refractivity contribution in [1.82, 2.24) is 19.9 Å². The van der Waals surface area contributed by atoms with E-state index < -0.39 is 17.8 Å². The number of H-pyrrole nitrogens is 1. The molecule has 6 nitrogen and oxygen atoms in total. The van der Waals surface area contributed by atoms with Crippen molar-refractivity contribution >= 4 is 27.8 Å². The largest absolute Gasteiger partial charge is 0.416 e. The smallest absolute Gasteiger partial charge is 0.391 e. The lowest BCUT2D eigenvalue weighted by molar-refractivity contribution is -0.137. The molecule has 0 spiro atoms. The van der Waals surface area contributed by atoms with E-state index in [2.05, 4.69) is 25.3 Å². The summed E-state index contributed by atoms with van der Waals surface area (Å²) < 4.78 is 39.2. The number of aromatic nitrogens is 4. The molecule has 3 N–H and O–H groups in total. The summed E-state index contributed by atoms with van der Waals surface area (Å²) in [5, 5.41) is 14.8. The summed E-state index contributed by atoms with van der Waals surface area (Å²) in [5.74, 6) is 0.407.